The average molecular weight is 811 g/mol. The summed E-state index contributed by atoms with van der Waals surface area (Å²) in [7, 11) is 0. The molecule has 6 N–H and O–H groups in total. The van der Waals surface area contributed by atoms with Crippen LogP contribution in [0.3, 0.4) is 0 Å². The highest BCUT2D eigenvalue weighted by Gasteiger charge is 2.22. The number of aliphatic hydroxyl groups is 6. The molecule has 0 aromatic carbocycles. The second-order valence-corrected chi connectivity index (χ2v) is 19.2. The van der Waals surface area contributed by atoms with E-state index in [-0.39, 0.29) is 0 Å². The fraction of sp³-hybridized carbons (Fsp3) is 0.375. The molecule has 57 heavy (non-hydrogen) atoms. The van der Waals surface area contributed by atoms with Gasteiger partial charge in [0.1, 0.15) is 33.6 Å². The zero-order valence-corrected chi connectivity index (χ0v) is 36.4. The molecule has 4 rings (SSSR count). The van der Waals surface area contributed by atoms with Gasteiger partial charge in [-0.1, -0.05) is 107 Å². The van der Waals surface area contributed by atoms with Gasteiger partial charge in [0.2, 0.25) is 0 Å². The Morgan fingerprint density at radius 1 is 0.281 bits per heavy atom. The zero-order chi connectivity index (χ0) is 42.8. The molecule has 0 amide bonds. The van der Waals surface area contributed by atoms with Crippen molar-refractivity contribution >= 4 is 34.0 Å². The van der Waals surface area contributed by atoms with E-state index >= 15 is 0 Å². The van der Waals surface area contributed by atoms with Crippen LogP contribution < -0.4 is 0 Å². The van der Waals surface area contributed by atoms with Gasteiger partial charge < -0.3 is 30.6 Å². The van der Waals surface area contributed by atoms with E-state index in [2.05, 4.69) is 107 Å². The summed E-state index contributed by atoms with van der Waals surface area (Å²) in [5.41, 5.74) is -5.62. The van der Waals surface area contributed by atoms with Crippen molar-refractivity contribution in [2.45, 2.75) is 117 Å². The fourth-order valence-electron chi connectivity index (χ4n) is 4.17. The van der Waals surface area contributed by atoms with E-state index < -0.39 is 33.6 Å². The SMILES string of the molecule is CC(C)(O)C#Cc1sc(C#CC(C)(C)O)c2c1C#Cc1c(C#CC(C)(C)O)sc(C#CC(C)(C)O)c1C#Cc1c(C#CC(C)(C)O)sc(C#CC(C)(C)O)c1C#C2. The van der Waals surface area contributed by atoms with Crippen LogP contribution in [0.25, 0.3) is 0 Å². The van der Waals surface area contributed by atoms with Gasteiger partial charge in [0.05, 0.1) is 62.6 Å². The lowest BCUT2D eigenvalue weighted by Gasteiger charge is -2.06. The highest BCUT2D eigenvalue weighted by atomic mass is 32.1. The summed E-state index contributed by atoms with van der Waals surface area (Å²) in [4.78, 5) is 2.77. The number of thiophene rings is 3. The van der Waals surface area contributed by atoms with Crippen LogP contribution in [0.2, 0.25) is 0 Å². The Bertz CT molecular complexity index is 2250. The molecule has 0 saturated carbocycles. The number of hydrogen-bond donors (Lipinski definition) is 6. The standard InChI is InChI=1S/C48H42O6S3/c1-43(2,49)25-19-37-31-13-14-33-35(41(23-29-47(9,10)53)56-39(33)21-27-45(5,6)51)17-18-36-34(16-15-32(31)38(55-37)20-26-44(3,4)50)40(22-28-46(7,8)52)57-42(36)24-30-48(11,12)54/h49-54H,1-12H3. The lowest BCUT2D eigenvalue weighted by molar-refractivity contribution is 0.143. The molecule has 0 spiro atoms. The molecule has 0 fully saturated rings. The predicted molar refractivity (Wildman–Crippen MR) is 230 cm³/mol. The molecule has 0 aliphatic heterocycles. The van der Waals surface area contributed by atoms with Crippen molar-refractivity contribution in [1.29, 1.82) is 0 Å². The van der Waals surface area contributed by atoms with Crippen LogP contribution in [0.5, 0.6) is 0 Å². The highest BCUT2D eigenvalue weighted by molar-refractivity contribution is 7.14. The first-order valence-corrected chi connectivity index (χ1v) is 20.0. The summed E-state index contributed by atoms with van der Waals surface area (Å²) < 4.78 is 0. The van der Waals surface area contributed by atoms with E-state index in [4.69, 9.17) is 0 Å². The van der Waals surface area contributed by atoms with E-state index in [9.17, 15) is 30.6 Å². The summed E-state index contributed by atoms with van der Waals surface area (Å²) >= 11 is 3.62. The van der Waals surface area contributed by atoms with Gasteiger partial charge in [-0.05, 0) is 83.1 Å². The third-order valence-electron chi connectivity index (χ3n) is 6.55. The minimum absolute atomic E-state index is 0.406. The molecule has 6 nitrogen and oxygen atoms in total. The summed E-state index contributed by atoms with van der Waals surface area (Å²) in [6.07, 6.45) is 0. The Balaban J connectivity index is 2.36. The van der Waals surface area contributed by atoms with Gasteiger partial charge in [-0.15, -0.1) is 34.0 Å². The molecule has 0 saturated heterocycles. The van der Waals surface area contributed by atoms with Crippen LogP contribution in [0, 0.1) is 107 Å². The Hall–Kier alpha value is -5.10. The smallest absolute Gasteiger partial charge is 0.120 e. The topological polar surface area (TPSA) is 121 Å². The molecule has 0 radical (unpaired) electrons. The summed E-state index contributed by atoms with van der Waals surface area (Å²) in [5, 5.41) is 63.4. The molecular formula is C48H42O6S3. The summed E-state index contributed by atoms with van der Waals surface area (Å²) in [5.74, 6) is 55.1. The molecule has 9 heteroatoms. The second-order valence-electron chi connectivity index (χ2n) is 16.1. The number of fused-ring (bicyclic) bond motifs is 3. The monoisotopic (exact) mass is 810 g/mol. The minimum Gasteiger partial charge on any atom is -0.378 e. The van der Waals surface area contributed by atoms with E-state index in [1.807, 2.05) is 0 Å². The molecule has 0 bridgehead atoms. The number of rotatable bonds is 0. The maximum Gasteiger partial charge on any atom is 0.120 e. The molecule has 3 aromatic rings. The van der Waals surface area contributed by atoms with Crippen LogP contribution in [0.1, 0.15) is 146 Å². The Labute approximate surface area is 348 Å². The van der Waals surface area contributed by atoms with Crippen LogP contribution in [-0.2, 0) is 0 Å². The van der Waals surface area contributed by atoms with E-state index in [1.165, 1.54) is 34.0 Å². The molecular weight excluding hydrogens is 769 g/mol. The maximum absolute atomic E-state index is 10.6. The molecule has 0 atom stereocenters. The first kappa shape index (κ1) is 44.6. The fourth-order valence-corrected chi connectivity index (χ4v) is 6.93. The van der Waals surface area contributed by atoms with Crippen molar-refractivity contribution in [3.05, 3.63) is 62.6 Å². The van der Waals surface area contributed by atoms with Gasteiger partial charge in [0.25, 0.3) is 0 Å². The highest BCUT2D eigenvalue weighted by Crippen LogP contribution is 2.33. The van der Waals surface area contributed by atoms with Crippen LogP contribution in [0.15, 0.2) is 0 Å². The van der Waals surface area contributed by atoms with E-state index in [0.29, 0.717) is 62.6 Å². The maximum atomic E-state index is 10.6. The molecule has 3 heterocycles. The van der Waals surface area contributed by atoms with Crippen LogP contribution in [0.4, 0.5) is 0 Å². The van der Waals surface area contributed by atoms with E-state index in [1.54, 1.807) is 83.1 Å². The molecule has 0 unspecified atom stereocenters. The predicted octanol–water partition coefficient (Wildman–Crippen LogP) is 5.12. The number of hydrogen-bond acceptors (Lipinski definition) is 9. The molecule has 1 aliphatic carbocycles. The first-order chi connectivity index (χ1) is 26.0. The molecule has 3 aromatic heterocycles. The molecule has 288 valence electrons. The first-order valence-electron chi connectivity index (χ1n) is 17.6. The normalized spacial score (nSPS) is 11.9. The third kappa shape index (κ3) is 13.8. The van der Waals surface area contributed by atoms with Crippen molar-refractivity contribution in [2.24, 2.45) is 0 Å². The average Bonchev–Trinajstić information content (AvgIpc) is 3.66. The largest absolute Gasteiger partial charge is 0.378 e. The zero-order valence-electron chi connectivity index (χ0n) is 33.9. The van der Waals surface area contributed by atoms with Gasteiger partial charge in [0, 0.05) is 0 Å². The van der Waals surface area contributed by atoms with Gasteiger partial charge in [-0.25, -0.2) is 0 Å². The van der Waals surface area contributed by atoms with Gasteiger partial charge in [-0.3, -0.25) is 0 Å². The summed E-state index contributed by atoms with van der Waals surface area (Å²) in [6.45, 7) is 18.8. The van der Waals surface area contributed by atoms with Crippen molar-refractivity contribution < 1.29 is 30.6 Å². The van der Waals surface area contributed by atoms with Crippen LogP contribution >= 0.6 is 34.0 Å². The third-order valence-corrected chi connectivity index (χ3v) is 9.62. The van der Waals surface area contributed by atoms with Crippen molar-refractivity contribution in [3.63, 3.8) is 0 Å². The van der Waals surface area contributed by atoms with Crippen LogP contribution in [-0.4, -0.2) is 64.2 Å². The van der Waals surface area contributed by atoms with Gasteiger partial charge in [-0.2, -0.15) is 0 Å². The lowest BCUT2D eigenvalue weighted by atomic mass is 10.0. The van der Waals surface area contributed by atoms with Crippen molar-refractivity contribution in [3.8, 4) is 107 Å². The second kappa shape index (κ2) is 16.4. The Morgan fingerprint density at radius 3 is 0.509 bits per heavy atom. The lowest BCUT2D eigenvalue weighted by Crippen LogP contribution is -2.14. The quantitative estimate of drug-likeness (QED) is 0.137. The van der Waals surface area contributed by atoms with Gasteiger partial charge in [0.15, 0.2) is 0 Å². The van der Waals surface area contributed by atoms with E-state index in [0.717, 1.165) is 0 Å². The minimum atomic E-state index is -1.34. The van der Waals surface area contributed by atoms with Crippen molar-refractivity contribution in [2.75, 3.05) is 0 Å². The van der Waals surface area contributed by atoms with Crippen molar-refractivity contribution in [1.82, 2.24) is 0 Å². The summed E-state index contributed by atoms with van der Waals surface area (Å²) in [6, 6.07) is 0. The Kier molecular flexibility index (Phi) is 12.8. The molecule has 1 aliphatic rings. The Morgan fingerprint density at radius 2 is 0.404 bits per heavy atom. The van der Waals surface area contributed by atoms with Gasteiger partial charge >= 0.3 is 0 Å².